The quantitative estimate of drug-likeness (QED) is 0.398. The van der Waals surface area contributed by atoms with Crippen molar-refractivity contribution in [1.29, 1.82) is 0 Å². The van der Waals surface area contributed by atoms with Crippen LogP contribution in [0.2, 0.25) is 5.02 Å². The van der Waals surface area contributed by atoms with E-state index in [0.717, 1.165) is 51.5 Å². The number of rotatable bonds is 4. The van der Waals surface area contributed by atoms with Crippen LogP contribution >= 0.6 is 11.6 Å². The predicted molar refractivity (Wildman–Crippen MR) is 120 cm³/mol. The second-order valence-corrected chi connectivity index (χ2v) is 7.49. The van der Waals surface area contributed by atoms with Gasteiger partial charge in [-0.25, -0.2) is 14.8 Å². The molecule has 0 aliphatic heterocycles. The van der Waals surface area contributed by atoms with E-state index in [4.69, 9.17) is 26.3 Å². The zero-order chi connectivity index (χ0) is 21.4. The number of halogens is 1. The van der Waals surface area contributed by atoms with Gasteiger partial charge in [0.2, 0.25) is 0 Å². The van der Waals surface area contributed by atoms with Crippen molar-refractivity contribution in [3.05, 3.63) is 76.2 Å². The highest BCUT2D eigenvalue weighted by atomic mass is 35.5. The first-order chi connectivity index (χ1) is 14.5. The minimum atomic E-state index is -0.351. The number of hydrogen-bond donors (Lipinski definition) is 0. The number of aromatic nitrogens is 3. The van der Waals surface area contributed by atoms with Gasteiger partial charge in [-0.3, -0.25) is 4.57 Å². The third-order valence-electron chi connectivity index (χ3n) is 5.28. The Bertz CT molecular complexity index is 1260. The molecule has 0 spiro atoms. The van der Waals surface area contributed by atoms with Gasteiger partial charge in [0.1, 0.15) is 11.3 Å². The molecule has 0 radical (unpaired) electrons. The summed E-state index contributed by atoms with van der Waals surface area (Å²) < 4.78 is 6.99. The summed E-state index contributed by atoms with van der Waals surface area (Å²) >= 11 is 6.40. The minimum Gasteiger partial charge on any atom is -0.465 e. The molecule has 30 heavy (non-hydrogen) atoms. The first-order valence-electron chi connectivity index (χ1n) is 9.78. The maximum atomic E-state index is 12.1. The summed E-state index contributed by atoms with van der Waals surface area (Å²) in [5, 5.41) is 0.657. The van der Waals surface area contributed by atoms with Crippen molar-refractivity contribution >= 4 is 28.7 Å². The van der Waals surface area contributed by atoms with Gasteiger partial charge in [0.05, 0.1) is 23.4 Å². The van der Waals surface area contributed by atoms with Crippen LogP contribution in [-0.2, 0) is 11.2 Å². The Hall–Kier alpha value is -3.18. The van der Waals surface area contributed by atoms with Crippen molar-refractivity contribution in [3.63, 3.8) is 0 Å². The van der Waals surface area contributed by atoms with Crippen molar-refractivity contribution in [1.82, 2.24) is 14.5 Å². The number of nitrogens with zero attached hydrogens (tertiary/aromatic N) is 3. The zero-order valence-corrected chi connectivity index (χ0v) is 18.1. The lowest BCUT2D eigenvalue weighted by Crippen LogP contribution is -2.04. The minimum absolute atomic E-state index is 0.351. The number of pyridine rings is 1. The largest absolute Gasteiger partial charge is 0.465 e. The number of methoxy groups -OCH3 is 1. The van der Waals surface area contributed by atoms with Crippen LogP contribution in [0.3, 0.4) is 0 Å². The molecule has 0 bridgehead atoms. The number of ether oxygens (including phenoxy) is 1. The molecule has 0 atom stereocenters. The fourth-order valence-corrected chi connectivity index (χ4v) is 3.85. The molecule has 0 amide bonds. The third kappa shape index (κ3) is 3.25. The third-order valence-corrected chi connectivity index (χ3v) is 5.84. The van der Waals surface area contributed by atoms with Gasteiger partial charge in [-0.1, -0.05) is 48.9 Å². The Labute approximate surface area is 180 Å². The first-order valence-corrected chi connectivity index (χ1v) is 10.2. The van der Waals surface area contributed by atoms with Gasteiger partial charge >= 0.3 is 5.97 Å². The fourth-order valence-electron chi connectivity index (χ4n) is 3.72. The number of aryl methyl sites for hydroxylation is 3. The molecule has 0 N–H and O–H groups in total. The SMILES string of the molecule is CCc1nc2c(C)c(Cl)c(C)nc2n1-c1ccc(-c2ccccc2C(=O)OC)cc1. The lowest BCUT2D eigenvalue weighted by molar-refractivity contribution is 0.0601. The molecule has 0 saturated heterocycles. The van der Waals surface area contributed by atoms with Gasteiger partial charge in [0.25, 0.3) is 0 Å². The molecule has 4 rings (SSSR count). The number of hydrogen-bond acceptors (Lipinski definition) is 4. The topological polar surface area (TPSA) is 57.0 Å². The summed E-state index contributed by atoms with van der Waals surface area (Å²) in [5.41, 5.74) is 6.62. The van der Waals surface area contributed by atoms with E-state index in [-0.39, 0.29) is 5.97 Å². The summed E-state index contributed by atoms with van der Waals surface area (Å²) in [5.74, 6) is 0.570. The van der Waals surface area contributed by atoms with Crippen LogP contribution in [0, 0.1) is 13.8 Å². The molecule has 6 heteroatoms. The predicted octanol–water partition coefficient (Wildman–Crippen LogP) is 5.71. The van der Waals surface area contributed by atoms with Crippen molar-refractivity contribution < 1.29 is 9.53 Å². The monoisotopic (exact) mass is 419 g/mol. The molecule has 5 nitrogen and oxygen atoms in total. The van der Waals surface area contributed by atoms with Crippen molar-refractivity contribution in [3.8, 4) is 16.8 Å². The number of carbonyl (C=O) groups is 1. The molecular formula is C24H22ClN3O2. The summed E-state index contributed by atoms with van der Waals surface area (Å²) in [7, 11) is 1.39. The van der Waals surface area contributed by atoms with Crippen LogP contribution in [0.25, 0.3) is 28.0 Å². The summed E-state index contributed by atoms with van der Waals surface area (Å²) in [4.78, 5) is 21.6. The van der Waals surface area contributed by atoms with E-state index in [1.165, 1.54) is 7.11 Å². The number of esters is 1. The first kappa shape index (κ1) is 20.1. The normalized spacial score (nSPS) is 11.1. The molecule has 2 aromatic heterocycles. The molecule has 0 fully saturated rings. The summed E-state index contributed by atoms with van der Waals surface area (Å²) in [6, 6.07) is 15.5. The van der Waals surface area contributed by atoms with Gasteiger partial charge in [-0.15, -0.1) is 0 Å². The van der Waals surface area contributed by atoms with Crippen molar-refractivity contribution in [2.45, 2.75) is 27.2 Å². The molecule has 0 saturated carbocycles. The number of fused-ring (bicyclic) bond motifs is 1. The average molecular weight is 420 g/mol. The van der Waals surface area contributed by atoms with Crippen LogP contribution in [0.5, 0.6) is 0 Å². The highest BCUT2D eigenvalue weighted by Gasteiger charge is 2.18. The van der Waals surface area contributed by atoms with E-state index in [2.05, 4.69) is 11.5 Å². The summed E-state index contributed by atoms with van der Waals surface area (Å²) in [6.45, 7) is 5.95. The molecule has 0 aliphatic rings. The molecule has 4 aromatic rings. The fraction of sp³-hybridized carbons (Fsp3) is 0.208. The lowest BCUT2D eigenvalue weighted by atomic mass is 9.99. The van der Waals surface area contributed by atoms with Gasteiger partial charge in [-0.2, -0.15) is 0 Å². The second-order valence-electron chi connectivity index (χ2n) is 7.11. The van der Waals surface area contributed by atoms with Crippen LogP contribution in [0.1, 0.15) is 34.4 Å². The lowest BCUT2D eigenvalue weighted by Gasteiger charge is -2.11. The Morgan fingerprint density at radius 2 is 1.77 bits per heavy atom. The van der Waals surface area contributed by atoms with Gasteiger partial charge < -0.3 is 4.74 Å². The van der Waals surface area contributed by atoms with Crippen LogP contribution < -0.4 is 0 Å². The maximum Gasteiger partial charge on any atom is 0.338 e. The van der Waals surface area contributed by atoms with E-state index in [9.17, 15) is 4.79 Å². The zero-order valence-electron chi connectivity index (χ0n) is 17.4. The van der Waals surface area contributed by atoms with E-state index in [0.29, 0.717) is 10.6 Å². The molecule has 2 heterocycles. The Morgan fingerprint density at radius 3 is 2.43 bits per heavy atom. The van der Waals surface area contributed by atoms with Crippen LogP contribution in [0.4, 0.5) is 0 Å². The Morgan fingerprint density at radius 1 is 1.07 bits per heavy atom. The standard InChI is InChI=1S/C24H22ClN3O2/c1-5-20-27-22-14(2)21(25)15(3)26-23(22)28(20)17-12-10-16(11-13-17)18-8-6-7-9-19(18)24(29)30-4/h6-13H,5H2,1-4H3. The maximum absolute atomic E-state index is 12.1. The number of carbonyl (C=O) groups excluding carboxylic acids is 1. The summed E-state index contributed by atoms with van der Waals surface area (Å²) in [6.07, 6.45) is 0.763. The smallest absolute Gasteiger partial charge is 0.338 e. The van der Waals surface area contributed by atoms with E-state index in [1.54, 1.807) is 6.07 Å². The van der Waals surface area contributed by atoms with Crippen molar-refractivity contribution in [2.24, 2.45) is 0 Å². The van der Waals surface area contributed by atoms with E-state index < -0.39 is 0 Å². The molecule has 0 aliphatic carbocycles. The number of imidazole rings is 1. The number of benzene rings is 2. The Kier molecular flexibility index (Phi) is 5.31. The van der Waals surface area contributed by atoms with Gasteiger partial charge in [0.15, 0.2) is 5.65 Å². The van der Waals surface area contributed by atoms with Crippen LogP contribution in [-0.4, -0.2) is 27.6 Å². The van der Waals surface area contributed by atoms with E-state index >= 15 is 0 Å². The van der Waals surface area contributed by atoms with Gasteiger partial charge in [-0.05, 0) is 48.7 Å². The molecule has 2 aromatic carbocycles. The van der Waals surface area contributed by atoms with Crippen LogP contribution in [0.15, 0.2) is 48.5 Å². The highest BCUT2D eigenvalue weighted by Crippen LogP contribution is 2.30. The van der Waals surface area contributed by atoms with Gasteiger partial charge in [0, 0.05) is 12.1 Å². The Balaban J connectivity index is 1.85. The molecular weight excluding hydrogens is 398 g/mol. The second kappa shape index (κ2) is 7.92. The van der Waals surface area contributed by atoms with E-state index in [1.807, 2.05) is 56.3 Å². The molecule has 0 unspecified atom stereocenters. The average Bonchev–Trinajstić information content (AvgIpc) is 3.15. The van der Waals surface area contributed by atoms with Crippen molar-refractivity contribution in [2.75, 3.05) is 7.11 Å². The highest BCUT2D eigenvalue weighted by molar-refractivity contribution is 6.32. The molecule has 152 valence electrons.